The van der Waals surface area contributed by atoms with Crippen LogP contribution in [-0.2, 0) is 19.1 Å². The molecule has 1 amide bonds. The molecule has 30 heavy (non-hydrogen) atoms. The molecule has 3 atom stereocenters. The Bertz CT molecular complexity index is 940. The fourth-order valence-corrected chi connectivity index (χ4v) is 5.56. The van der Waals surface area contributed by atoms with E-state index in [4.69, 9.17) is 0 Å². The number of rotatable bonds is 2. The van der Waals surface area contributed by atoms with Gasteiger partial charge in [-0.1, -0.05) is 18.2 Å². The number of aromatic amines is 1. The third-order valence-corrected chi connectivity index (χ3v) is 6.98. The summed E-state index contributed by atoms with van der Waals surface area (Å²) in [5, 5.41) is 10.7. The van der Waals surface area contributed by atoms with E-state index in [0.717, 1.165) is 30.6 Å². The zero-order valence-corrected chi connectivity index (χ0v) is 16.6. The first-order valence-electron chi connectivity index (χ1n) is 10.6. The SMILES string of the molecule is O=C(c1n[nH]c2c1CNCCC2)N1C[C@H]2CC(c3ccccc3C(F)(F)F)C[C@H]2C1. The van der Waals surface area contributed by atoms with Crippen molar-refractivity contribution in [1.29, 1.82) is 0 Å². The highest BCUT2D eigenvalue weighted by Crippen LogP contribution is 2.49. The summed E-state index contributed by atoms with van der Waals surface area (Å²) in [5.74, 6) is 0.339. The number of benzene rings is 1. The summed E-state index contributed by atoms with van der Waals surface area (Å²) in [5.41, 5.74) is 2.38. The van der Waals surface area contributed by atoms with Gasteiger partial charge in [0.15, 0.2) is 5.69 Å². The summed E-state index contributed by atoms with van der Waals surface area (Å²) >= 11 is 0. The lowest BCUT2D eigenvalue weighted by atomic mass is 9.91. The number of H-pyrrole nitrogens is 1. The van der Waals surface area contributed by atoms with Crippen molar-refractivity contribution in [1.82, 2.24) is 20.4 Å². The van der Waals surface area contributed by atoms with Crippen LogP contribution in [0.2, 0.25) is 0 Å². The van der Waals surface area contributed by atoms with Crippen LogP contribution < -0.4 is 5.32 Å². The van der Waals surface area contributed by atoms with Crippen LogP contribution in [-0.4, -0.2) is 40.6 Å². The molecule has 1 aromatic carbocycles. The molecule has 5 nitrogen and oxygen atoms in total. The van der Waals surface area contributed by atoms with E-state index in [-0.39, 0.29) is 23.7 Å². The monoisotopic (exact) mass is 418 g/mol. The van der Waals surface area contributed by atoms with Crippen LogP contribution in [0.25, 0.3) is 0 Å². The highest BCUT2D eigenvalue weighted by Gasteiger charge is 2.45. The zero-order chi connectivity index (χ0) is 20.9. The number of fused-ring (bicyclic) bond motifs is 2. The van der Waals surface area contributed by atoms with E-state index in [1.54, 1.807) is 12.1 Å². The molecule has 0 spiro atoms. The van der Waals surface area contributed by atoms with Crippen molar-refractivity contribution in [3.05, 3.63) is 52.3 Å². The van der Waals surface area contributed by atoms with E-state index >= 15 is 0 Å². The summed E-state index contributed by atoms with van der Waals surface area (Å²) in [6.07, 6.45) is -1.04. The molecule has 3 aliphatic rings. The second-order valence-electron chi connectivity index (χ2n) is 8.79. The molecule has 2 fully saturated rings. The van der Waals surface area contributed by atoms with Crippen molar-refractivity contribution in [3.63, 3.8) is 0 Å². The third-order valence-electron chi connectivity index (χ3n) is 6.98. The summed E-state index contributed by atoms with van der Waals surface area (Å²) in [6.45, 7) is 2.77. The van der Waals surface area contributed by atoms with Gasteiger partial charge in [0.1, 0.15) is 0 Å². The second kappa shape index (κ2) is 7.41. The Morgan fingerprint density at radius 1 is 1.13 bits per heavy atom. The molecule has 0 bridgehead atoms. The number of likely N-dealkylation sites (tertiary alicyclic amines) is 1. The van der Waals surface area contributed by atoms with Crippen molar-refractivity contribution < 1.29 is 18.0 Å². The molecule has 0 radical (unpaired) electrons. The Morgan fingerprint density at radius 3 is 2.60 bits per heavy atom. The molecule has 2 aliphatic heterocycles. The van der Waals surface area contributed by atoms with Gasteiger partial charge in [-0.15, -0.1) is 0 Å². The number of carbonyl (C=O) groups is 1. The highest BCUT2D eigenvalue weighted by atomic mass is 19.4. The van der Waals surface area contributed by atoms with Gasteiger partial charge >= 0.3 is 6.18 Å². The van der Waals surface area contributed by atoms with E-state index in [0.29, 0.717) is 43.7 Å². The Balaban J connectivity index is 1.29. The van der Waals surface area contributed by atoms with Crippen molar-refractivity contribution in [3.8, 4) is 0 Å². The van der Waals surface area contributed by atoms with E-state index in [1.807, 2.05) is 4.90 Å². The number of nitrogens with zero attached hydrogens (tertiary/aromatic N) is 2. The molecule has 8 heteroatoms. The van der Waals surface area contributed by atoms with E-state index < -0.39 is 11.7 Å². The fraction of sp³-hybridized carbons (Fsp3) is 0.545. The van der Waals surface area contributed by atoms with Gasteiger partial charge in [0.05, 0.1) is 5.56 Å². The minimum Gasteiger partial charge on any atom is -0.337 e. The number of carbonyl (C=O) groups excluding carboxylic acids is 1. The fourth-order valence-electron chi connectivity index (χ4n) is 5.56. The molecule has 1 saturated heterocycles. The van der Waals surface area contributed by atoms with Crippen molar-refractivity contribution in [2.24, 2.45) is 11.8 Å². The van der Waals surface area contributed by atoms with Gasteiger partial charge in [0.2, 0.25) is 0 Å². The second-order valence-corrected chi connectivity index (χ2v) is 8.79. The molecule has 2 aromatic rings. The highest BCUT2D eigenvalue weighted by molar-refractivity contribution is 5.94. The minimum atomic E-state index is -4.33. The zero-order valence-electron chi connectivity index (χ0n) is 16.6. The maximum atomic E-state index is 13.4. The summed E-state index contributed by atoms with van der Waals surface area (Å²) in [6, 6.07) is 5.93. The van der Waals surface area contributed by atoms with Crippen LogP contribution in [0.1, 0.15) is 58.1 Å². The molecule has 3 heterocycles. The van der Waals surface area contributed by atoms with Gasteiger partial charge in [0.25, 0.3) is 5.91 Å². The molecule has 5 rings (SSSR count). The van der Waals surface area contributed by atoms with Crippen molar-refractivity contribution in [2.75, 3.05) is 19.6 Å². The van der Waals surface area contributed by atoms with Crippen molar-refractivity contribution >= 4 is 5.91 Å². The van der Waals surface area contributed by atoms with Gasteiger partial charge < -0.3 is 10.2 Å². The first-order chi connectivity index (χ1) is 14.4. The lowest BCUT2D eigenvalue weighted by molar-refractivity contribution is -0.138. The maximum absolute atomic E-state index is 13.4. The predicted octanol–water partition coefficient (Wildman–Crippen LogP) is 3.73. The molecule has 2 N–H and O–H groups in total. The van der Waals surface area contributed by atoms with Crippen LogP contribution in [0.15, 0.2) is 24.3 Å². The molecule has 160 valence electrons. The van der Waals surface area contributed by atoms with Gasteiger partial charge in [-0.05, 0) is 61.6 Å². The number of alkyl halides is 3. The maximum Gasteiger partial charge on any atom is 0.416 e. The topological polar surface area (TPSA) is 61.0 Å². The average molecular weight is 418 g/mol. The van der Waals surface area contributed by atoms with Gasteiger partial charge in [0, 0.05) is 30.9 Å². The van der Waals surface area contributed by atoms with E-state index in [1.165, 1.54) is 12.1 Å². The number of aryl methyl sites for hydroxylation is 1. The number of hydrogen-bond acceptors (Lipinski definition) is 3. The summed E-state index contributed by atoms with van der Waals surface area (Å²) < 4.78 is 40.2. The number of nitrogens with one attached hydrogen (secondary N) is 2. The van der Waals surface area contributed by atoms with Crippen LogP contribution in [0.4, 0.5) is 13.2 Å². The minimum absolute atomic E-state index is 0.0576. The number of aromatic nitrogens is 2. The largest absolute Gasteiger partial charge is 0.416 e. The normalized spacial score (nSPS) is 26.4. The Morgan fingerprint density at radius 2 is 1.87 bits per heavy atom. The van der Waals surface area contributed by atoms with Gasteiger partial charge in [-0.2, -0.15) is 18.3 Å². The first-order valence-corrected chi connectivity index (χ1v) is 10.6. The van der Waals surface area contributed by atoms with Crippen LogP contribution in [0.5, 0.6) is 0 Å². The predicted molar refractivity (Wildman–Crippen MR) is 105 cm³/mol. The molecule has 1 aliphatic carbocycles. The lowest BCUT2D eigenvalue weighted by Gasteiger charge is -2.21. The lowest BCUT2D eigenvalue weighted by Crippen LogP contribution is -2.31. The van der Waals surface area contributed by atoms with Crippen LogP contribution >= 0.6 is 0 Å². The number of amides is 1. The molecule has 1 aromatic heterocycles. The quantitative estimate of drug-likeness (QED) is 0.781. The van der Waals surface area contributed by atoms with E-state index in [9.17, 15) is 18.0 Å². The molecule has 1 unspecified atom stereocenters. The molecule has 1 saturated carbocycles. The van der Waals surface area contributed by atoms with Gasteiger partial charge in [-0.3, -0.25) is 9.89 Å². The average Bonchev–Trinajstić information content (AvgIpc) is 3.36. The summed E-state index contributed by atoms with van der Waals surface area (Å²) in [7, 11) is 0. The van der Waals surface area contributed by atoms with E-state index in [2.05, 4.69) is 15.5 Å². The molecular formula is C22H25F3N4O. The smallest absolute Gasteiger partial charge is 0.337 e. The molecular weight excluding hydrogens is 393 g/mol. The van der Waals surface area contributed by atoms with Crippen molar-refractivity contribution in [2.45, 2.75) is 44.3 Å². The standard InChI is InChI=1S/C22H25F3N4O/c23-22(24,25)18-5-2-1-4-16(18)13-8-14-11-29(12-15(14)9-13)21(30)20-17-10-26-7-3-6-19(17)27-28-20/h1-2,4-5,13-15,26H,3,6-12H2,(H,27,28)/t13?,14-,15+. The first kappa shape index (κ1) is 19.6. The van der Waals surface area contributed by atoms with Gasteiger partial charge in [-0.25, -0.2) is 0 Å². The number of hydrogen-bond donors (Lipinski definition) is 2. The summed E-state index contributed by atoms with van der Waals surface area (Å²) in [4.78, 5) is 15.0. The van der Waals surface area contributed by atoms with Crippen LogP contribution in [0.3, 0.4) is 0 Å². The van der Waals surface area contributed by atoms with Crippen LogP contribution in [0, 0.1) is 11.8 Å². The number of halogens is 3. The Hall–Kier alpha value is -2.35. The Labute approximate surface area is 173 Å². The Kier molecular flexibility index (Phi) is 4.84. The third kappa shape index (κ3) is 3.41.